The zero-order chi connectivity index (χ0) is 14.5. The van der Waals surface area contributed by atoms with Gasteiger partial charge in [-0.05, 0) is 24.6 Å². The maximum absolute atomic E-state index is 8.74. The summed E-state index contributed by atoms with van der Waals surface area (Å²) in [4.78, 5) is 7.89. The number of aromatic nitrogens is 2. The first kappa shape index (κ1) is 14.0. The highest BCUT2D eigenvalue weighted by molar-refractivity contribution is 9.10. The van der Waals surface area contributed by atoms with Crippen LogP contribution in [-0.4, -0.2) is 15.7 Å². The first-order valence-corrected chi connectivity index (χ1v) is 6.48. The van der Waals surface area contributed by atoms with Crippen LogP contribution in [-0.2, 0) is 0 Å². The highest BCUT2D eigenvalue weighted by atomic mass is 79.9. The molecule has 0 amide bonds. The summed E-state index contributed by atoms with van der Waals surface area (Å²) in [5.74, 6) is 0.374. The number of nitrogens with zero attached hydrogens (tertiary/aromatic N) is 4. The molecule has 0 saturated heterocycles. The molecule has 0 aliphatic heterocycles. The highest BCUT2D eigenvalue weighted by Crippen LogP contribution is 2.12. The minimum Gasteiger partial charge on any atom is -0.382 e. The second-order valence-electron chi connectivity index (χ2n) is 3.92. The fraction of sp³-hybridized carbons (Fsp3) is 0.0769. The number of rotatable bonds is 3. The molecule has 0 radical (unpaired) electrons. The molecule has 1 heterocycles. The van der Waals surface area contributed by atoms with Gasteiger partial charge in [0.1, 0.15) is 17.5 Å². The summed E-state index contributed by atoms with van der Waals surface area (Å²) in [7, 11) is 0. The quantitative estimate of drug-likeness (QED) is 0.665. The van der Waals surface area contributed by atoms with Gasteiger partial charge in [-0.25, -0.2) is 10.4 Å². The molecule has 0 aliphatic carbocycles. The molecule has 2 aromatic rings. The Morgan fingerprint density at radius 3 is 2.70 bits per heavy atom. The molecule has 6 nitrogen and oxygen atoms in total. The third-order valence-electron chi connectivity index (χ3n) is 2.52. The van der Waals surface area contributed by atoms with Crippen LogP contribution in [0.5, 0.6) is 0 Å². The molecule has 20 heavy (non-hydrogen) atoms. The monoisotopic (exact) mass is 330 g/mol. The number of nitrogens with one attached hydrogen (secondary N) is 1. The lowest BCUT2D eigenvalue weighted by Gasteiger charge is -2.03. The molecular weight excluding hydrogens is 320 g/mol. The van der Waals surface area contributed by atoms with E-state index in [1.54, 1.807) is 0 Å². The van der Waals surface area contributed by atoms with Gasteiger partial charge in [0, 0.05) is 4.47 Å². The van der Waals surface area contributed by atoms with Gasteiger partial charge in [0.2, 0.25) is 5.95 Å². The SMILES string of the molecule is C/C(=N\Nc1ncc(C#N)c(N)n1)c1ccc(Br)cc1. The van der Waals surface area contributed by atoms with E-state index in [-0.39, 0.29) is 17.3 Å². The van der Waals surface area contributed by atoms with Crippen LogP contribution in [0.2, 0.25) is 0 Å². The lowest BCUT2D eigenvalue weighted by atomic mass is 10.1. The first-order chi connectivity index (χ1) is 9.60. The number of nitrogen functional groups attached to an aromatic ring is 1. The van der Waals surface area contributed by atoms with Crippen molar-refractivity contribution in [2.75, 3.05) is 11.2 Å². The van der Waals surface area contributed by atoms with Crippen LogP contribution < -0.4 is 11.2 Å². The van der Waals surface area contributed by atoms with Crippen molar-refractivity contribution in [2.24, 2.45) is 5.10 Å². The van der Waals surface area contributed by atoms with Crippen LogP contribution in [0, 0.1) is 11.3 Å². The molecule has 0 unspecified atom stereocenters. The van der Waals surface area contributed by atoms with Gasteiger partial charge < -0.3 is 5.73 Å². The van der Waals surface area contributed by atoms with E-state index in [4.69, 9.17) is 11.0 Å². The van der Waals surface area contributed by atoms with Crippen molar-refractivity contribution >= 4 is 33.4 Å². The van der Waals surface area contributed by atoms with Crippen molar-refractivity contribution < 1.29 is 0 Å². The maximum Gasteiger partial charge on any atom is 0.245 e. The van der Waals surface area contributed by atoms with Gasteiger partial charge in [0.05, 0.1) is 11.9 Å². The minimum atomic E-state index is 0.126. The van der Waals surface area contributed by atoms with E-state index >= 15 is 0 Å². The number of hydrogen-bond acceptors (Lipinski definition) is 6. The third kappa shape index (κ3) is 3.30. The Morgan fingerprint density at radius 2 is 2.10 bits per heavy atom. The number of nitriles is 1. The van der Waals surface area contributed by atoms with Crippen molar-refractivity contribution in [1.82, 2.24) is 9.97 Å². The van der Waals surface area contributed by atoms with E-state index < -0.39 is 0 Å². The van der Waals surface area contributed by atoms with Crippen LogP contribution in [0.3, 0.4) is 0 Å². The molecule has 3 N–H and O–H groups in total. The highest BCUT2D eigenvalue weighted by Gasteiger charge is 2.03. The number of anilines is 2. The molecule has 0 atom stereocenters. The molecule has 2 rings (SSSR count). The van der Waals surface area contributed by atoms with E-state index in [0.717, 1.165) is 15.7 Å². The second kappa shape index (κ2) is 6.12. The lowest BCUT2D eigenvalue weighted by Crippen LogP contribution is -2.04. The number of halogens is 1. The molecule has 7 heteroatoms. The molecule has 0 aliphatic rings. The lowest BCUT2D eigenvalue weighted by molar-refractivity contribution is 1.11. The fourth-order valence-electron chi connectivity index (χ4n) is 1.42. The van der Waals surface area contributed by atoms with Gasteiger partial charge in [0.15, 0.2) is 0 Å². The van der Waals surface area contributed by atoms with E-state index in [9.17, 15) is 0 Å². The maximum atomic E-state index is 8.74. The molecule has 0 bridgehead atoms. The van der Waals surface area contributed by atoms with Crippen molar-refractivity contribution in [1.29, 1.82) is 5.26 Å². The predicted octanol–water partition coefficient (Wildman–Crippen LogP) is 2.53. The average Bonchev–Trinajstić information content (AvgIpc) is 2.45. The zero-order valence-corrected chi connectivity index (χ0v) is 12.2. The Morgan fingerprint density at radius 1 is 1.40 bits per heavy atom. The summed E-state index contributed by atoms with van der Waals surface area (Å²) in [6.45, 7) is 1.86. The van der Waals surface area contributed by atoms with E-state index in [1.165, 1.54) is 6.20 Å². The first-order valence-electron chi connectivity index (χ1n) is 5.69. The van der Waals surface area contributed by atoms with E-state index in [0.29, 0.717) is 0 Å². The molecule has 100 valence electrons. The van der Waals surface area contributed by atoms with Gasteiger partial charge in [-0.15, -0.1) is 0 Å². The number of hydrazone groups is 1. The van der Waals surface area contributed by atoms with Gasteiger partial charge >= 0.3 is 0 Å². The topological polar surface area (TPSA) is 100.0 Å². The third-order valence-corrected chi connectivity index (χ3v) is 3.05. The number of hydrogen-bond donors (Lipinski definition) is 2. The van der Waals surface area contributed by atoms with Crippen molar-refractivity contribution in [2.45, 2.75) is 6.92 Å². The fourth-order valence-corrected chi connectivity index (χ4v) is 1.69. The molecule has 0 saturated carbocycles. The van der Waals surface area contributed by atoms with Gasteiger partial charge in [-0.3, -0.25) is 0 Å². The Hall–Kier alpha value is -2.46. The van der Waals surface area contributed by atoms with Crippen LogP contribution in [0.15, 0.2) is 40.0 Å². The molecule has 0 spiro atoms. The Balaban J connectivity index is 2.14. The summed E-state index contributed by atoms with van der Waals surface area (Å²) in [5.41, 5.74) is 10.3. The summed E-state index contributed by atoms with van der Waals surface area (Å²) < 4.78 is 1.00. The number of benzene rings is 1. The van der Waals surface area contributed by atoms with Crippen molar-refractivity contribution in [3.8, 4) is 6.07 Å². The molecule has 1 aromatic heterocycles. The zero-order valence-electron chi connectivity index (χ0n) is 10.6. The van der Waals surface area contributed by atoms with Crippen LogP contribution in [0.4, 0.5) is 11.8 Å². The standard InChI is InChI=1S/C13H11BrN6/c1-8(9-2-4-11(14)5-3-9)19-20-13-17-7-10(6-15)12(16)18-13/h2-5,7H,1H3,(H3,16,17,18,20)/b19-8+. The van der Waals surface area contributed by atoms with Crippen LogP contribution in [0.1, 0.15) is 18.1 Å². The van der Waals surface area contributed by atoms with Gasteiger partial charge in [0.25, 0.3) is 0 Å². The molecular formula is C13H11BrN6. The normalized spacial score (nSPS) is 10.9. The van der Waals surface area contributed by atoms with Crippen LogP contribution >= 0.6 is 15.9 Å². The van der Waals surface area contributed by atoms with Gasteiger partial charge in [-0.2, -0.15) is 15.3 Å². The van der Waals surface area contributed by atoms with Crippen molar-refractivity contribution in [3.05, 3.63) is 46.1 Å². The average molecular weight is 331 g/mol. The smallest absolute Gasteiger partial charge is 0.245 e. The molecule has 0 fully saturated rings. The minimum absolute atomic E-state index is 0.126. The summed E-state index contributed by atoms with van der Waals surface area (Å²) in [6, 6.07) is 9.66. The summed E-state index contributed by atoms with van der Waals surface area (Å²) in [6.07, 6.45) is 1.36. The predicted molar refractivity (Wildman–Crippen MR) is 81.1 cm³/mol. The number of nitrogens with two attached hydrogens (primary N) is 1. The molecule has 1 aromatic carbocycles. The largest absolute Gasteiger partial charge is 0.382 e. The van der Waals surface area contributed by atoms with E-state index in [1.807, 2.05) is 37.3 Å². The Bertz CT molecular complexity index is 687. The van der Waals surface area contributed by atoms with E-state index in [2.05, 4.69) is 36.4 Å². The summed E-state index contributed by atoms with van der Waals surface area (Å²) in [5, 5.41) is 12.9. The Labute approximate surface area is 124 Å². The van der Waals surface area contributed by atoms with Gasteiger partial charge in [-0.1, -0.05) is 28.1 Å². The second-order valence-corrected chi connectivity index (χ2v) is 4.84. The van der Waals surface area contributed by atoms with Crippen LogP contribution in [0.25, 0.3) is 0 Å². The van der Waals surface area contributed by atoms with Crippen molar-refractivity contribution in [3.63, 3.8) is 0 Å². The summed E-state index contributed by atoms with van der Waals surface area (Å²) >= 11 is 3.38. The Kier molecular flexibility index (Phi) is 4.27.